The van der Waals surface area contributed by atoms with Crippen LogP contribution in [0.3, 0.4) is 0 Å². The second kappa shape index (κ2) is 5.28. The molecule has 0 aromatic heterocycles. The third-order valence-corrected chi connectivity index (χ3v) is 3.49. The Bertz CT molecular complexity index is 180. The van der Waals surface area contributed by atoms with Crippen LogP contribution in [0.5, 0.6) is 0 Å². The summed E-state index contributed by atoms with van der Waals surface area (Å²) in [4.78, 5) is 2.62. The van der Waals surface area contributed by atoms with E-state index in [0.29, 0.717) is 12.2 Å². The Kier molecular flexibility index (Phi) is 4.00. The van der Waals surface area contributed by atoms with Crippen molar-refractivity contribution in [2.45, 2.75) is 51.4 Å². The second-order valence-corrected chi connectivity index (χ2v) is 5.06. The van der Waals surface area contributed by atoms with Gasteiger partial charge >= 0.3 is 0 Å². The first-order chi connectivity index (χ1) is 7.25. The van der Waals surface area contributed by atoms with E-state index in [1.54, 1.807) is 0 Å². The molecule has 2 aliphatic heterocycles. The van der Waals surface area contributed by atoms with Crippen LogP contribution in [-0.2, 0) is 4.74 Å². The van der Waals surface area contributed by atoms with Crippen LogP contribution in [-0.4, -0.2) is 49.3 Å². The molecule has 2 aliphatic rings. The van der Waals surface area contributed by atoms with Gasteiger partial charge in [-0.2, -0.15) is 0 Å². The first-order valence-corrected chi connectivity index (χ1v) is 6.36. The fourth-order valence-corrected chi connectivity index (χ4v) is 2.83. The molecule has 0 aromatic rings. The highest BCUT2D eigenvalue weighted by Gasteiger charge is 2.27. The molecule has 2 heterocycles. The molecular formula is C12H24N2O. The summed E-state index contributed by atoms with van der Waals surface area (Å²) in [6, 6.07) is 0.737. The molecule has 0 spiro atoms. The van der Waals surface area contributed by atoms with E-state index in [2.05, 4.69) is 24.1 Å². The van der Waals surface area contributed by atoms with Gasteiger partial charge in [0.05, 0.1) is 12.2 Å². The van der Waals surface area contributed by atoms with Gasteiger partial charge in [-0.3, -0.25) is 4.90 Å². The van der Waals surface area contributed by atoms with E-state index >= 15 is 0 Å². The minimum atomic E-state index is 0.400. The predicted octanol–water partition coefficient (Wildman–Crippen LogP) is 1.24. The highest BCUT2D eigenvalue weighted by Crippen LogP contribution is 2.17. The number of rotatable bonds is 1. The Morgan fingerprint density at radius 3 is 2.60 bits per heavy atom. The van der Waals surface area contributed by atoms with Gasteiger partial charge in [-0.05, 0) is 33.2 Å². The monoisotopic (exact) mass is 212 g/mol. The summed E-state index contributed by atoms with van der Waals surface area (Å²) >= 11 is 0. The molecule has 2 rings (SSSR count). The molecule has 0 amide bonds. The maximum Gasteiger partial charge on any atom is 0.0678 e. The van der Waals surface area contributed by atoms with E-state index in [-0.39, 0.29) is 0 Å². The average Bonchev–Trinajstić information content (AvgIpc) is 2.43. The number of morpholine rings is 1. The van der Waals surface area contributed by atoms with Gasteiger partial charge in [0, 0.05) is 25.7 Å². The lowest BCUT2D eigenvalue weighted by atomic mass is 10.1. The number of nitrogens with zero attached hydrogens (tertiary/aromatic N) is 1. The lowest BCUT2D eigenvalue weighted by molar-refractivity contribution is -0.0804. The fourth-order valence-electron chi connectivity index (χ4n) is 2.83. The van der Waals surface area contributed by atoms with Crippen molar-refractivity contribution in [2.24, 2.45) is 0 Å². The summed E-state index contributed by atoms with van der Waals surface area (Å²) in [7, 11) is 0. The second-order valence-electron chi connectivity index (χ2n) is 5.06. The van der Waals surface area contributed by atoms with Crippen molar-refractivity contribution < 1.29 is 4.74 Å². The molecule has 3 nitrogen and oxygen atoms in total. The standard InChI is InChI=1S/C12H24N2O/c1-10-8-14(9-11(2)15-10)12-5-3-4-6-13-7-12/h10-13H,3-9H2,1-2H3. The van der Waals surface area contributed by atoms with Crippen LogP contribution in [0.1, 0.15) is 33.1 Å². The van der Waals surface area contributed by atoms with E-state index in [0.717, 1.165) is 19.1 Å². The van der Waals surface area contributed by atoms with Crippen LogP contribution < -0.4 is 5.32 Å². The highest BCUT2D eigenvalue weighted by atomic mass is 16.5. The smallest absolute Gasteiger partial charge is 0.0678 e. The largest absolute Gasteiger partial charge is 0.373 e. The minimum absolute atomic E-state index is 0.400. The topological polar surface area (TPSA) is 24.5 Å². The van der Waals surface area contributed by atoms with E-state index in [1.807, 2.05) is 0 Å². The summed E-state index contributed by atoms with van der Waals surface area (Å²) in [6.07, 6.45) is 4.87. The number of nitrogens with one attached hydrogen (secondary N) is 1. The van der Waals surface area contributed by atoms with Gasteiger partial charge in [0.2, 0.25) is 0 Å². The van der Waals surface area contributed by atoms with Crippen molar-refractivity contribution in [1.82, 2.24) is 10.2 Å². The summed E-state index contributed by atoms with van der Waals surface area (Å²) < 4.78 is 5.78. The van der Waals surface area contributed by atoms with Crippen molar-refractivity contribution in [3.63, 3.8) is 0 Å². The molecule has 1 N–H and O–H groups in total. The Hall–Kier alpha value is -0.120. The molecule has 15 heavy (non-hydrogen) atoms. The summed E-state index contributed by atoms with van der Waals surface area (Å²) in [5.74, 6) is 0. The Labute approximate surface area is 93.2 Å². The zero-order valence-corrected chi connectivity index (χ0v) is 10.0. The lowest BCUT2D eigenvalue weighted by Crippen LogP contribution is -2.52. The molecule has 2 saturated heterocycles. The van der Waals surface area contributed by atoms with Crippen LogP contribution >= 0.6 is 0 Å². The van der Waals surface area contributed by atoms with Crippen LogP contribution in [0.4, 0.5) is 0 Å². The molecule has 0 bridgehead atoms. The van der Waals surface area contributed by atoms with Gasteiger partial charge in [0.1, 0.15) is 0 Å². The third-order valence-electron chi connectivity index (χ3n) is 3.49. The maximum atomic E-state index is 5.78. The Morgan fingerprint density at radius 2 is 1.87 bits per heavy atom. The van der Waals surface area contributed by atoms with Crippen LogP contribution in [0, 0.1) is 0 Å². The third kappa shape index (κ3) is 3.16. The van der Waals surface area contributed by atoms with E-state index < -0.39 is 0 Å². The summed E-state index contributed by atoms with van der Waals surface area (Å²) in [5, 5.41) is 3.54. The lowest BCUT2D eigenvalue weighted by Gasteiger charge is -2.40. The highest BCUT2D eigenvalue weighted by molar-refractivity contribution is 4.82. The number of ether oxygens (including phenoxy) is 1. The van der Waals surface area contributed by atoms with E-state index in [9.17, 15) is 0 Å². The van der Waals surface area contributed by atoms with Gasteiger partial charge in [0.25, 0.3) is 0 Å². The van der Waals surface area contributed by atoms with Gasteiger partial charge in [-0.1, -0.05) is 6.42 Å². The molecular weight excluding hydrogens is 188 g/mol. The first-order valence-electron chi connectivity index (χ1n) is 6.36. The van der Waals surface area contributed by atoms with Crippen molar-refractivity contribution in [3.05, 3.63) is 0 Å². The molecule has 88 valence electrons. The Morgan fingerprint density at radius 1 is 1.13 bits per heavy atom. The normalized spacial score (nSPS) is 40.0. The molecule has 0 aromatic carbocycles. The van der Waals surface area contributed by atoms with Gasteiger partial charge in [-0.15, -0.1) is 0 Å². The minimum Gasteiger partial charge on any atom is -0.373 e. The SMILES string of the molecule is CC1CN(C2CCCCNC2)CC(C)O1. The summed E-state index contributed by atoms with van der Waals surface area (Å²) in [5.41, 5.74) is 0. The van der Waals surface area contributed by atoms with Crippen molar-refractivity contribution in [3.8, 4) is 0 Å². The Balaban J connectivity index is 1.89. The van der Waals surface area contributed by atoms with Crippen LogP contribution in [0.15, 0.2) is 0 Å². The molecule has 2 fully saturated rings. The molecule has 3 heteroatoms. The fraction of sp³-hybridized carbons (Fsp3) is 1.00. The van der Waals surface area contributed by atoms with E-state index in [4.69, 9.17) is 4.74 Å². The number of hydrogen-bond acceptors (Lipinski definition) is 3. The first kappa shape index (κ1) is 11.4. The predicted molar refractivity (Wildman–Crippen MR) is 62.1 cm³/mol. The van der Waals surface area contributed by atoms with Crippen LogP contribution in [0.2, 0.25) is 0 Å². The molecule has 0 saturated carbocycles. The zero-order chi connectivity index (χ0) is 10.7. The quantitative estimate of drug-likeness (QED) is 0.708. The van der Waals surface area contributed by atoms with Gasteiger partial charge < -0.3 is 10.1 Å². The molecule has 0 aliphatic carbocycles. The maximum absolute atomic E-state index is 5.78. The van der Waals surface area contributed by atoms with Gasteiger partial charge in [-0.25, -0.2) is 0 Å². The summed E-state index contributed by atoms with van der Waals surface area (Å²) in [6.45, 7) is 8.96. The van der Waals surface area contributed by atoms with Gasteiger partial charge in [0.15, 0.2) is 0 Å². The van der Waals surface area contributed by atoms with Crippen molar-refractivity contribution in [1.29, 1.82) is 0 Å². The number of hydrogen-bond donors (Lipinski definition) is 1. The molecule has 0 radical (unpaired) electrons. The molecule has 3 atom stereocenters. The van der Waals surface area contributed by atoms with Crippen LogP contribution in [0.25, 0.3) is 0 Å². The average molecular weight is 212 g/mol. The van der Waals surface area contributed by atoms with E-state index in [1.165, 1.54) is 32.4 Å². The van der Waals surface area contributed by atoms with Crippen molar-refractivity contribution >= 4 is 0 Å². The zero-order valence-electron chi connectivity index (χ0n) is 10.0. The van der Waals surface area contributed by atoms with Crippen molar-refractivity contribution in [2.75, 3.05) is 26.2 Å². The molecule has 3 unspecified atom stereocenters.